The predicted molar refractivity (Wildman–Crippen MR) is 67.3 cm³/mol. The van der Waals surface area contributed by atoms with E-state index in [-0.39, 0.29) is 0 Å². The first kappa shape index (κ1) is 14.0. The molecule has 1 rings (SSSR count). The van der Waals surface area contributed by atoms with E-state index < -0.39 is 7.12 Å². The third kappa shape index (κ3) is 4.83. The molecule has 5 heteroatoms. The van der Waals surface area contributed by atoms with Crippen molar-refractivity contribution in [1.82, 2.24) is 10.2 Å². The lowest BCUT2D eigenvalue weighted by atomic mass is 9.81. The summed E-state index contributed by atoms with van der Waals surface area (Å²) < 4.78 is 0. The minimum absolute atomic E-state index is 0.502. The number of rotatable bonds is 6. The molecule has 0 aliphatic carbocycles. The lowest BCUT2D eigenvalue weighted by Gasteiger charge is -2.16. The fourth-order valence-electron chi connectivity index (χ4n) is 2.64. The van der Waals surface area contributed by atoms with E-state index in [9.17, 15) is 0 Å². The molecule has 0 saturated carbocycles. The van der Waals surface area contributed by atoms with Crippen molar-refractivity contribution >= 4 is 7.12 Å². The zero-order valence-corrected chi connectivity index (χ0v) is 10.7. The Morgan fingerprint density at radius 2 is 2.06 bits per heavy atom. The molecule has 1 saturated heterocycles. The summed E-state index contributed by atoms with van der Waals surface area (Å²) in [6, 6.07) is 1.15. The van der Waals surface area contributed by atoms with Crippen molar-refractivity contribution in [1.29, 1.82) is 0 Å². The first-order chi connectivity index (χ1) is 7.49. The summed E-state index contributed by atoms with van der Waals surface area (Å²) in [4.78, 5) is 2.21. The molecule has 1 fully saturated rings. The van der Waals surface area contributed by atoms with Crippen LogP contribution in [0, 0.1) is 5.92 Å². The molecule has 16 heavy (non-hydrogen) atoms. The predicted octanol–water partition coefficient (Wildman–Crippen LogP) is 0.168. The molecule has 94 valence electrons. The molecule has 1 aliphatic heterocycles. The van der Waals surface area contributed by atoms with Crippen molar-refractivity contribution in [3.05, 3.63) is 0 Å². The van der Waals surface area contributed by atoms with E-state index in [0.29, 0.717) is 24.3 Å². The van der Waals surface area contributed by atoms with Gasteiger partial charge in [-0.15, -0.1) is 0 Å². The van der Waals surface area contributed by atoms with Crippen LogP contribution in [-0.4, -0.2) is 54.8 Å². The summed E-state index contributed by atoms with van der Waals surface area (Å²) in [5, 5.41) is 21.2. The van der Waals surface area contributed by atoms with Gasteiger partial charge in [0.05, 0.1) is 0 Å². The standard InChI is InChI=1S/C11H25BN2O2/c1-9-10(5-4-6-12(15)16)7-11(13-9)8-14(2)3/h9-11,13,15-16H,4-8H2,1-3H3/t9-,10-,11+/m1/s1. The van der Waals surface area contributed by atoms with Crippen LogP contribution < -0.4 is 5.32 Å². The lowest BCUT2D eigenvalue weighted by Crippen LogP contribution is -2.36. The highest BCUT2D eigenvalue weighted by atomic mass is 16.4. The molecule has 0 aromatic heterocycles. The monoisotopic (exact) mass is 228 g/mol. The first-order valence-electron chi connectivity index (χ1n) is 6.26. The summed E-state index contributed by atoms with van der Waals surface area (Å²) in [6.45, 7) is 3.32. The zero-order chi connectivity index (χ0) is 12.1. The van der Waals surface area contributed by atoms with Gasteiger partial charge in [-0.1, -0.05) is 6.42 Å². The van der Waals surface area contributed by atoms with Gasteiger partial charge in [0.1, 0.15) is 0 Å². The molecular formula is C11H25BN2O2. The van der Waals surface area contributed by atoms with Gasteiger partial charge in [0.25, 0.3) is 0 Å². The number of nitrogens with one attached hydrogen (secondary N) is 1. The maximum Gasteiger partial charge on any atom is 0.451 e. The average molecular weight is 228 g/mol. The van der Waals surface area contributed by atoms with Gasteiger partial charge in [0, 0.05) is 18.6 Å². The summed E-state index contributed by atoms with van der Waals surface area (Å²) in [5.41, 5.74) is 0. The Kier molecular flexibility index (Phi) is 5.76. The van der Waals surface area contributed by atoms with Crippen LogP contribution in [0.3, 0.4) is 0 Å². The SMILES string of the molecule is C[C@H]1N[C@H](CN(C)C)C[C@H]1CCCB(O)O. The maximum atomic E-state index is 8.80. The molecule has 3 N–H and O–H groups in total. The van der Waals surface area contributed by atoms with Gasteiger partial charge in [-0.25, -0.2) is 0 Å². The molecule has 0 aromatic rings. The molecule has 0 amide bonds. The van der Waals surface area contributed by atoms with E-state index in [4.69, 9.17) is 10.0 Å². The van der Waals surface area contributed by atoms with Crippen LogP contribution in [0.15, 0.2) is 0 Å². The Hall–Kier alpha value is -0.0951. The second-order valence-corrected chi connectivity index (χ2v) is 5.32. The van der Waals surface area contributed by atoms with Crippen molar-refractivity contribution in [3.8, 4) is 0 Å². The molecule has 0 spiro atoms. The topological polar surface area (TPSA) is 55.7 Å². The maximum absolute atomic E-state index is 8.80. The Balaban J connectivity index is 2.23. The lowest BCUT2D eigenvalue weighted by molar-refractivity contribution is 0.350. The third-order valence-corrected chi connectivity index (χ3v) is 3.42. The Labute approximate surface area is 99.2 Å². The molecular weight excluding hydrogens is 203 g/mol. The molecule has 0 bridgehead atoms. The molecule has 1 aliphatic rings. The second-order valence-electron chi connectivity index (χ2n) is 5.32. The highest BCUT2D eigenvalue weighted by Crippen LogP contribution is 2.25. The molecule has 0 radical (unpaired) electrons. The van der Waals surface area contributed by atoms with Gasteiger partial charge >= 0.3 is 7.12 Å². The fraction of sp³-hybridized carbons (Fsp3) is 1.00. The first-order valence-corrected chi connectivity index (χ1v) is 6.26. The summed E-state index contributed by atoms with van der Waals surface area (Å²) in [6.07, 6.45) is 3.71. The van der Waals surface area contributed by atoms with Crippen molar-refractivity contribution in [3.63, 3.8) is 0 Å². The summed E-state index contributed by atoms with van der Waals surface area (Å²) in [5.74, 6) is 0.684. The van der Waals surface area contributed by atoms with E-state index in [1.165, 1.54) is 6.42 Å². The van der Waals surface area contributed by atoms with E-state index >= 15 is 0 Å². The second kappa shape index (κ2) is 6.59. The van der Waals surface area contributed by atoms with Gasteiger partial charge in [-0.05, 0) is 46.1 Å². The number of hydrogen-bond acceptors (Lipinski definition) is 4. The highest BCUT2D eigenvalue weighted by molar-refractivity contribution is 6.40. The van der Waals surface area contributed by atoms with E-state index in [1.807, 2.05) is 0 Å². The Bertz CT molecular complexity index is 202. The largest absolute Gasteiger partial charge is 0.451 e. The third-order valence-electron chi connectivity index (χ3n) is 3.42. The van der Waals surface area contributed by atoms with Gasteiger partial charge in [-0.3, -0.25) is 0 Å². The molecule has 0 unspecified atom stereocenters. The van der Waals surface area contributed by atoms with E-state index in [2.05, 4.69) is 31.2 Å². The number of likely N-dealkylation sites (N-methyl/N-ethyl adjacent to an activating group) is 1. The van der Waals surface area contributed by atoms with E-state index in [1.54, 1.807) is 0 Å². The molecule has 1 heterocycles. The quantitative estimate of drug-likeness (QED) is 0.567. The minimum Gasteiger partial charge on any atom is -0.427 e. The van der Waals surface area contributed by atoms with Crippen LogP contribution in [0.1, 0.15) is 26.2 Å². The average Bonchev–Trinajstić information content (AvgIpc) is 2.45. The van der Waals surface area contributed by atoms with Gasteiger partial charge < -0.3 is 20.3 Å². The van der Waals surface area contributed by atoms with Crippen LogP contribution in [0.4, 0.5) is 0 Å². The van der Waals surface area contributed by atoms with Crippen LogP contribution >= 0.6 is 0 Å². The molecule has 0 aromatic carbocycles. The summed E-state index contributed by atoms with van der Waals surface area (Å²) in [7, 11) is 3.06. The van der Waals surface area contributed by atoms with Crippen LogP contribution in [0.25, 0.3) is 0 Å². The smallest absolute Gasteiger partial charge is 0.427 e. The minimum atomic E-state index is -1.14. The van der Waals surface area contributed by atoms with Crippen molar-refractivity contribution < 1.29 is 10.0 Å². The van der Waals surface area contributed by atoms with Gasteiger partial charge in [0.15, 0.2) is 0 Å². The van der Waals surface area contributed by atoms with Crippen molar-refractivity contribution in [2.45, 2.75) is 44.6 Å². The van der Waals surface area contributed by atoms with Gasteiger partial charge in [0.2, 0.25) is 0 Å². The van der Waals surface area contributed by atoms with Crippen LogP contribution in [0.2, 0.25) is 6.32 Å². The highest BCUT2D eigenvalue weighted by Gasteiger charge is 2.30. The van der Waals surface area contributed by atoms with Gasteiger partial charge in [-0.2, -0.15) is 0 Å². The fourth-order valence-corrected chi connectivity index (χ4v) is 2.64. The normalized spacial score (nSPS) is 30.0. The van der Waals surface area contributed by atoms with Crippen LogP contribution in [0.5, 0.6) is 0 Å². The molecule has 3 atom stereocenters. The summed E-state index contributed by atoms with van der Waals surface area (Å²) >= 11 is 0. The van der Waals surface area contributed by atoms with Crippen molar-refractivity contribution in [2.75, 3.05) is 20.6 Å². The zero-order valence-electron chi connectivity index (χ0n) is 10.7. The molecule has 4 nitrogen and oxygen atoms in total. The van der Waals surface area contributed by atoms with Crippen LogP contribution in [-0.2, 0) is 0 Å². The Morgan fingerprint density at radius 1 is 1.38 bits per heavy atom. The number of hydrogen-bond donors (Lipinski definition) is 3. The Morgan fingerprint density at radius 3 is 2.62 bits per heavy atom. The number of nitrogens with zero attached hydrogens (tertiary/aromatic N) is 1. The van der Waals surface area contributed by atoms with Crippen molar-refractivity contribution in [2.24, 2.45) is 5.92 Å². The van der Waals surface area contributed by atoms with E-state index in [0.717, 1.165) is 19.4 Å².